The lowest BCUT2D eigenvalue weighted by Crippen LogP contribution is -2.29. The average Bonchev–Trinajstić information content (AvgIpc) is 3.12. The number of aliphatic hydroxyl groups is 1. The molecule has 2 atom stereocenters. The third-order valence-electron chi connectivity index (χ3n) is 3.97. The Labute approximate surface area is 131 Å². The lowest BCUT2D eigenvalue weighted by molar-refractivity contribution is -0.130. The fraction of sp³-hybridized carbons (Fsp3) is 0.500. The summed E-state index contributed by atoms with van der Waals surface area (Å²) in [5, 5.41) is 16.2. The zero-order valence-electron chi connectivity index (χ0n) is 12.5. The summed E-state index contributed by atoms with van der Waals surface area (Å²) in [7, 11) is 0. The second kappa shape index (κ2) is 6.69. The number of H-pyrrole nitrogens is 2. The van der Waals surface area contributed by atoms with Crippen LogP contribution in [0.25, 0.3) is 0 Å². The van der Waals surface area contributed by atoms with Crippen LogP contribution in [0.4, 0.5) is 0 Å². The van der Waals surface area contributed by atoms with E-state index in [1.807, 2.05) is 0 Å². The number of β-amino-alcohol motifs (C(OH)–C–C–N with tert-alkyl or cyclic N) is 1. The van der Waals surface area contributed by atoms with E-state index in [1.54, 1.807) is 23.5 Å². The van der Waals surface area contributed by atoms with Gasteiger partial charge >= 0.3 is 5.69 Å². The first kappa shape index (κ1) is 15.3. The molecule has 0 bridgehead atoms. The van der Waals surface area contributed by atoms with Crippen molar-refractivity contribution in [3.05, 3.63) is 40.6 Å². The maximum Gasteiger partial charge on any atom is 0.340 e. The molecule has 3 N–H and O–H groups in total. The van der Waals surface area contributed by atoms with E-state index in [9.17, 15) is 14.7 Å². The third-order valence-corrected chi connectivity index (χ3v) is 3.97. The van der Waals surface area contributed by atoms with Crippen molar-refractivity contribution in [3.63, 3.8) is 0 Å². The van der Waals surface area contributed by atoms with Crippen LogP contribution in [0, 0.1) is 5.92 Å². The van der Waals surface area contributed by atoms with Crippen LogP contribution in [-0.2, 0) is 17.6 Å². The van der Waals surface area contributed by atoms with Crippen molar-refractivity contribution in [1.29, 1.82) is 0 Å². The molecule has 2 aromatic rings. The first-order chi connectivity index (χ1) is 11.1. The Morgan fingerprint density at radius 3 is 2.96 bits per heavy atom. The molecule has 1 aliphatic heterocycles. The lowest BCUT2D eigenvalue weighted by Gasteiger charge is -2.15. The zero-order chi connectivity index (χ0) is 16.2. The van der Waals surface area contributed by atoms with Gasteiger partial charge in [0.2, 0.25) is 5.91 Å². The quantitative estimate of drug-likeness (QED) is 0.641. The number of nitrogens with one attached hydrogen (secondary N) is 2. The summed E-state index contributed by atoms with van der Waals surface area (Å²) >= 11 is 0. The minimum Gasteiger partial charge on any atom is -0.391 e. The van der Waals surface area contributed by atoms with Gasteiger partial charge in [0.1, 0.15) is 5.82 Å². The van der Waals surface area contributed by atoms with E-state index in [0.717, 1.165) is 5.69 Å². The molecular formula is C14H18N6O3. The highest BCUT2D eigenvalue weighted by atomic mass is 16.3. The molecule has 0 aromatic carbocycles. The molecule has 1 saturated heterocycles. The minimum absolute atomic E-state index is 0.0409. The summed E-state index contributed by atoms with van der Waals surface area (Å²) in [4.78, 5) is 35.5. The van der Waals surface area contributed by atoms with Crippen LogP contribution in [-0.4, -0.2) is 60.3 Å². The van der Waals surface area contributed by atoms with E-state index in [0.29, 0.717) is 31.8 Å². The highest BCUT2D eigenvalue weighted by Crippen LogP contribution is 2.21. The summed E-state index contributed by atoms with van der Waals surface area (Å²) in [6, 6.07) is 0. The third kappa shape index (κ3) is 3.81. The second-order valence-electron chi connectivity index (χ2n) is 5.65. The van der Waals surface area contributed by atoms with E-state index in [-0.39, 0.29) is 23.9 Å². The van der Waals surface area contributed by atoms with Crippen molar-refractivity contribution in [2.45, 2.75) is 25.4 Å². The van der Waals surface area contributed by atoms with Crippen molar-refractivity contribution >= 4 is 5.91 Å². The smallest absolute Gasteiger partial charge is 0.340 e. The van der Waals surface area contributed by atoms with Crippen molar-refractivity contribution in [2.24, 2.45) is 5.92 Å². The zero-order valence-corrected chi connectivity index (χ0v) is 12.5. The van der Waals surface area contributed by atoms with Crippen LogP contribution in [0.2, 0.25) is 0 Å². The number of amides is 1. The van der Waals surface area contributed by atoms with Gasteiger partial charge in [-0.15, -0.1) is 0 Å². The number of rotatable bonds is 5. The van der Waals surface area contributed by atoms with Gasteiger partial charge in [0.15, 0.2) is 0 Å². The van der Waals surface area contributed by atoms with Crippen LogP contribution in [0.5, 0.6) is 0 Å². The van der Waals surface area contributed by atoms with Crippen molar-refractivity contribution in [3.8, 4) is 0 Å². The number of hydrogen-bond acceptors (Lipinski definition) is 6. The van der Waals surface area contributed by atoms with Gasteiger partial charge in [0.25, 0.3) is 0 Å². The van der Waals surface area contributed by atoms with Crippen LogP contribution < -0.4 is 5.69 Å². The Morgan fingerprint density at radius 1 is 1.39 bits per heavy atom. The van der Waals surface area contributed by atoms with Gasteiger partial charge in [-0.25, -0.2) is 9.89 Å². The van der Waals surface area contributed by atoms with Gasteiger partial charge in [0, 0.05) is 50.4 Å². The Balaban J connectivity index is 1.53. The number of hydrogen-bond donors (Lipinski definition) is 3. The van der Waals surface area contributed by atoms with Gasteiger partial charge < -0.3 is 10.0 Å². The minimum atomic E-state index is -0.564. The molecule has 23 heavy (non-hydrogen) atoms. The topological polar surface area (TPSA) is 128 Å². The summed E-state index contributed by atoms with van der Waals surface area (Å²) in [6.45, 7) is 0.814. The Bertz CT molecular complexity index is 713. The van der Waals surface area contributed by atoms with Crippen molar-refractivity contribution in [2.75, 3.05) is 13.1 Å². The summed E-state index contributed by atoms with van der Waals surface area (Å²) in [6.07, 6.45) is 5.51. The lowest BCUT2D eigenvalue weighted by atomic mass is 10.0. The fourth-order valence-corrected chi connectivity index (χ4v) is 2.77. The molecule has 1 amide bonds. The molecule has 3 heterocycles. The number of aryl methyl sites for hydroxylation is 1. The molecule has 0 radical (unpaired) electrons. The molecule has 122 valence electrons. The highest BCUT2D eigenvalue weighted by molar-refractivity contribution is 5.76. The number of carbonyl (C=O) groups excluding carboxylic acids is 1. The van der Waals surface area contributed by atoms with Crippen LogP contribution >= 0.6 is 0 Å². The SMILES string of the molecule is O=C(CCc1n[nH]c(=O)[nH]1)N1C[C@@H](Cc2cnccn2)[C@H](O)C1. The van der Waals surface area contributed by atoms with Gasteiger partial charge in [-0.3, -0.25) is 19.7 Å². The molecule has 0 spiro atoms. The maximum atomic E-state index is 12.2. The number of carbonyl (C=O) groups is 1. The Hall–Kier alpha value is -2.55. The normalized spacial score (nSPS) is 20.8. The second-order valence-corrected chi connectivity index (χ2v) is 5.65. The summed E-state index contributed by atoms with van der Waals surface area (Å²) in [5.41, 5.74) is 0.424. The van der Waals surface area contributed by atoms with E-state index >= 15 is 0 Å². The van der Waals surface area contributed by atoms with E-state index < -0.39 is 6.10 Å². The van der Waals surface area contributed by atoms with Crippen molar-refractivity contribution in [1.82, 2.24) is 30.0 Å². The summed E-state index contributed by atoms with van der Waals surface area (Å²) in [5.74, 6) is 0.356. The molecule has 1 aliphatic rings. The number of aromatic nitrogens is 5. The van der Waals surface area contributed by atoms with Gasteiger partial charge in [0.05, 0.1) is 11.8 Å². The monoisotopic (exact) mass is 318 g/mol. The molecule has 0 unspecified atom stereocenters. The fourth-order valence-electron chi connectivity index (χ4n) is 2.77. The van der Waals surface area contributed by atoms with E-state index in [2.05, 4.69) is 25.1 Å². The molecule has 2 aromatic heterocycles. The first-order valence-corrected chi connectivity index (χ1v) is 7.46. The summed E-state index contributed by atoms with van der Waals surface area (Å²) < 4.78 is 0. The highest BCUT2D eigenvalue weighted by Gasteiger charge is 2.34. The number of aromatic amines is 2. The Kier molecular flexibility index (Phi) is 4.47. The molecule has 1 fully saturated rings. The van der Waals surface area contributed by atoms with Gasteiger partial charge in [-0.2, -0.15) is 5.10 Å². The number of nitrogens with zero attached hydrogens (tertiary/aromatic N) is 4. The molecule has 0 aliphatic carbocycles. The van der Waals surface area contributed by atoms with E-state index in [4.69, 9.17) is 0 Å². The molecule has 3 rings (SSSR count). The van der Waals surface area contributed by atoms with Crippen molar-refractivity contribution < 1.29 is 9.90 Å². The molecule has 9 heteroatoms. The first-order valence-electron chi connectivity index (χ1n) is 7.46. The van der Waals surface area contributed by atoms with Crippen LogP contribution in [0.3, 0.4) is 0 Å². The predicted octanol–water partition coefficient (Wildman–Crippen LogP) is -1.12. The molecule has 9 nitrogen and oxygen atoms in total. The Morgan fingerprint density at radius 2 is 2.26 bits per heavy atom. The number of aliphatic hydroxyl groups excluding tert-OH is 1. The van der Waals surface area contributed by atoms with E-state index in [1.165, 1.54) is 0 Å². The largest absolute Gasteiger partial charge is 0.391 e. The van der Waals surface area contributed by atoms with Crippen LogP contribution in [0.15, 0.2) is 23.4 Å². The maximum absolute atomic E-state index is 12.2. The number of likely N-dealkylation sites (tertiary alicyclic amines) is 1. The van der Waals surface area contributed by atoms with Gasteiger partial charge in [-0.1, -0.05) is 0 Å². The average molecular weight is 318 g/mol. The molecule has 0 saturated carbocycles. The molecular weight excluding hydrogens is 300 g/mol. The standard InChI is InChI=1S/C14H18N6O3/c21-11-8-20(7-9(11)5-10-6-15-3-4-16-10)13(22)2-1-12-17-14(23)19-18-12/h3-4,6,9,11,21H,1-2,5,7-8H2,(H2,17,18,19,23)/t9-,11-/m1/s1. The predicted molar refractivity (Wildman–Crippen MR) is 79.3 cm³/mol. The van der Waals surface area contributed by atoms with Gasteiger partial charge in [-0.05, 0) is 6.42 Å². The van der Waals surface area contributed by atoms with Crippen LogP contribution in [0.1, 0.15) is 17.9 Å².